The van der Waals surface area contributed by atoms with Crippen molar-refractivity contribution in [2.75, 3.05) is 12.4 Å². The molecule has 0 spiro atoms. The summed E-state index contributed by atoms with van der Waals surface area (Å²) in [6.45, 7) is 6.12. The van der Waals surface area contributed by atoms with Crippen LogP contribution in [0.4, 0.5) is 10.1 Å². The lowest BCUT2D eigenvalue weighted by Gasteiger charge is -2.17. The highest BCUT2D eigenvalue weighted by Gasteiger charge is 2.20. The number of ether oxygens (including phenoxy) is 1. The fourth-order valence-corrected chi connectivity index (χ4v) is 5.11. The number of H-pyrrole nitrogens is 2. The summed E-state index contributed by atoms with van der Waals surface area (Å²) < 4.78 is 19.7. The number of benzene rings is 2. The number of pyridine rings is 1. The monoisotopic (exact) mass is 559 g/mol. The van der Waals surface area contributed by atoms with Gasteiger partial charge in [-0.15, -0.1) is 5.73 Å². The molecule has 6 rings (SSSR count). The first-order chi connectivity index (χ1) is 20.2. The number of halogens is 1. The Morgan fingerprint density at radius 2 is 1.93 bits per heavy atom. The zero-order valence-corrected chi connectivity index (χ0v) is 23.8. The Bertz CT molecular complexity index is 1930. The van der Waals surface area contributed by atoms with Gasteiger partial charge in [0.1, 0.15) is 17.3 Å². The Balaban J connectivity index is 1.36. The molecule has 42 heavy (non-hydrogen) atoms. The Morgan fingerprint density at radius 3 is 2.74 bits per heavy atom. The number of methoxy groups -OCH3 is 1. The molecule has 210 valence electrons. The van der Waals surface area contributed by atoms with Crippen molar-refractivity contribution in [1.29, 1.82) is 0 Å². The molecule has 3 heterocycles. The van der Waals surface area contributed by atoms with Crippen LogP contribution in [0.15, 0.2) is 78.7 Å². The average molecular weight is 560 g/mol. The largest absolute Gasteiger partial charge is 0.497 e. The predicted molar refractivity (Wildman–Crippen MR) is 164 cm³/mol. The first-order valence-corrected chi connectivity index (χ1v) is 13.6. The van der Waals surface area contributed by atoms with Crippen LogP contribution in [-0.2, 0) is 4.79 Å². The third kappa shape index (κ3) is 5.53. The van der Waals surface area contributed by atoms with Gasteiger partial charge in [-0.2, -0.15) is 5.10 Å². The number of hydrogen-bond donors (Lipinski definition) is 3. The zero-order chi connectivity index (χ0) is 29.4. The van der Waals surface area contributed by atoms with Crippen molar-refractivity contribution in [1.82, 2.24) is 20.2 Å². The minimum atomic E-state index is -0.376. The van der Waals surface area contributed by atoms with Crippen LogP contribution in [0.1, 0.15) is 44.0 Å². The van der Waals surface area contributed by atoms with Gasteiger partial charge in [0.25, 0.3) is 0 Å². The van der Waals surface area contributed by atoms with Crippen LogP contribution in [0.2, 0.25) is 0 Å². The van der Waals surface area contributed by atoms with E-state index in [2.05, 4.69) is 31.2 Å². The van der Waals surface area contributed by atoms with Gasteiger partial charge in [-0.1, -0.05) is 32.9 Å². The van der Waals surface area contributed by atoms with E-state index in [4.69, 9.17) is 4.74 Å². The number of amides is 1. The van der Waals surface area contributed by atoms with Crippen molar-refractivity contribution in [3.05, 3.63) is 101 Å². The average Bonchev–Trinajstić information content (AvgIpc) is 3.50. The number of rotatable bonds is 6. The molecule has 1 amide bonds. The second-order valence-corrected chi connectivity index (χ2v) is 11.5. The van der Waals surface area contributed by atoms with Gasteiger partial charge in [-0.3, -0.25) is 9.89 Å². The first-order valence-electron chi connectivity index (χ1n) is 13.6. The molecule has 0 aliphatic heterocycles. The highest BCUT2D eigenvalue weighted by atomic mass is 19.1. The van der Waals surface area contributed by atoms with E-state index < -0.39 is 0 Å². The molecule has 0 fully saturated rings. The summed E-state index contributed by atoms with van der Waals surface area (Å²) in [5, 5.41) is 11.5. The van der Waals surface area contributed by atoms with Crippen LogP contribution in [0.25, 0.3) is 45.2 Å². The number of allylic oxidation sites excluding steroid dienone is 2. The summed E-state index contributed by atoms with van der Waals surface area (Å²) in [5.41, 5.74) is 11.0. The highest BCUT2D eigenvalue weighted by molar-refractivity contribution is 5.96. The van der Waals surface area contributed by atoms with Crippen LogP contribution < -0.4 is 10.1 Å². The van der Waals surface area contributed by atoms with Gasteiger partial charge < -0.3 is 15.0 Å². The van der Waals surface area contributed by atoms with E-state index in [9.17, 15) is 9.18 Å². The van der Waals surface area contributed by atoms with Crippen LogP contribution in [0.5, 0.6) is 5.75 Å². The fraction of sp³-hybridized carbons (Fsp3) is 0.176. The topological polar surface area (TPSA) is 95.7 Å². The molecule has 8 heteroatoms. The van der Waals surface area contributed by atoms with E-state index in [-0.39, 0.29) is 17.1 Å². The number of aromatic nitrogens is 4. The fourth-order valence-electron chi connectivity index (χ4n) is 5.11. The molecule has 3 N–H and O–H groups in total. The molecule has 0 bridgehead atoms. The Labute approximate surface area is 242 Å². The second kappa shape index (κ2) is 10.7. The molecule has 0 saturated carbocycles. The molecule has 0 atom stereocenters. The van der Waals surface area contributed by atoms with Crippen molar-refractivity contribution >= 4 is 34.3 Å². The predicted octanol–water partition coefficient (Wildman–Crippen LogP) is 7.76. The van der Waals surface area contributed by atoms with Gasteiger partial charge in [-0.05, 0) is 70.7 Å². The lowest BCUT2D eigenvalue weighted by atomic mass is 9.92. The number of fused-ring (bicyclic) bond motifs is 2. The molecule has 1 aliphatic carbocycles. The van der Waals surface area contributed by atoms with Gasteiger partial charge in [0.15, 0.2) is 5.65 Å². The normalized spacial score (nSPS) is 12.6. The second-order valence-electron chi connectivity index (χ2n) is 11.5. The van der Waals surface area contributed by atoms with E-state index in [1.165, 1.54) is 19.2 Å². The molecule has 1 aliphatic rings. The first kappa shape index (κ1) is 27.0. The van der Waals surface area contributed by atoms with E-state index in [0.717, 1.165) is 44.7 Å². The smallest absolute Gasteiger partial charge is 0.224 e. The lowest BCUT2D eigenvalue weighted by Crippen LogP contribution is -2.19. The molecule has 0 saturated heterocycles. The van der Waals surface area contributed by atoms with Crippen molar-refractivity contribution in [2.24, 2.45) is 5.41 Å². The van der Waals surface area contributed by atoms with Crippen molar-refractivity contribution in [3.63, 3.8) is 0 Å². The van der Waals surface area contributed by atoms with E-state index in [1.807, 2.05) is 75.4 Å². The van der Waals surface area contributed by atoms with Crippen molar-refractivity contribution < 1.29 is 13.9 Å². The lowest BCUT2D eigenvalue weighted by molar-refractivity contribution is -0.117. The molecule has 5 aromatic rings. The summed E-state index contributed by atoms with van der Waals surface area (Å²) in [6, 6.07) is 16.4. The number of carbonyl (C=O) groups excluding carboxylic acids is 1. The van der Waals surface area contributed by atoms with Gasteiger partial charge >= 0.3 is 0 Å². The SMILES string of the molecule is COc1cc(F)cc(C2=CC=C=Cc3[nH]c(-c4n[nH]c5ncc(-c6cccc(NC(=O)CC(C)(C)C)c6)cc45)cc32)c1. The molecular formula is C34H30FN5O2. The summed E-state index contributed by atoms with van der Waals surface area (Å²) in [6.07, 6.45) is 7.79. The molecule has 0 unspecified atom stereocenters. The van der Waals surface area contributed by atoms with Crippen LogP contribution in [0, 0.1) is 11.2 Å². The van der Waals surface area contributed by atoms with Gasteiger partial charge in [0.2, 0.25) is 5.91 Å². The van der Waals surface area contributed by atoms with Gasteiger partial charge in [0.05, 0.1) is 18.5 Å². The van der Waals surface area contributed by atoms with Crippen LogP contribution in [-0.4, -0.2) is 33.2 Å². The van der Waals surface area contributed by atoms with Gasteiger partial charge in [0, 0.05) is 47.0 Å². The molecular weight excluding hydrogens is 529 g/mol. The maximum atomic E-state index is 14.4. The number of nitrogens with zero attached hydrogens (tertiary/aromatic N) is 2. The maximum absolute atomic E-state index is 14.4. The number of hydrogen-bond acceptors (Lipinski definition) is 4. The molecule has 7 nitrogen and oxygen atoms in total. The molecule has 3 aromatic heterocycles. The quantitative estimate of drug-likeness (QED) is 0.185. The standard InChI is InChI=1S/C34H30FN5O2/c1-34(2,3)18-31(41)37-24-9-7-8-20(13-24)22-15-28-32(39-40-33(28)36-19-22)30-17-27-26(10-5-6-11-29(27)38-30)21-12-23(35)16-25(14-21)42-4/h5,7-17,19,38H,18H2,1-4H3,(H,37,41)(H,36,39,40). The summed E-state index contributed by atoms with van der Waals surface area (Å²) >= 11 is 0. The van der Waals surface area contributed by atoms with Crippen molar-refractivity contribution in [3.8, 4) is 28.3 Å². The maximum Gasteiger partial charge on any atom is 0.224 e. The van der Waals surface area contributed by atoms with Crippen molar-refractivity contribution in [2.45, 2.75) is 27.2 Å². The molecule has 2 aromatic carbocycles. The zero-order valence-electron chi connectivity index (χ0n) is 23.8. The minimum Gasteiger partial charge on any atom is -0.497 e. The van der Waals surface area contributed by atoms with E-state index in [1.54, 1.807) is 12.3 Å². The van der Waals surface area contributed by atoms with Crippen LogP contribution in [0.3, 0.4) is 0 Å². The summed E-state index contributed by atoms with van der Waals surface area (Å²) in [7, 11) is 1.52. The van der Waals surface area contributed by atoms with Crippen LogP contribution >= 0.6 is 0 Å². The number of aromatic amines is 2. The Morgan fingerprint density at radius 1 is 1.07 bits per heavy atom. The third-order valence-electron chi connectivity index (χ3n) is 6.97. The molecule has 0 radical (unpaired) electrons. The number of carbonyl (C=O) groups is 1. The Kier molecular flexibility index (Phi) is 6.85. The number of anilines is 1. The van der Waals surface area contributed by atoms with Gasteiger partial charge in [-0.25, -0.2) is 9.37 Å². The highest BCUT2D eigenvalue weighted by Crippen LogP contribution is 2.36. The number of nitrogens with one attached hydrogen (secondary N) is 3. The van der Waals surface area contributed by atoms with E-state index in [0.29, 0.717) is 29.1 Å². The van der Waals surface area contributed by atoms with E-state index >= 15 is 0 Å². The minimum absolute atomic E-state index is 0.0224. The summed E-state index contributed by atoms with van der Waals surface area (Å²) in [5.74, 6) is 0.0449. The third-order valence-corrected chi connectivity index (χ3v) is 6.97. The summed E-state index contributed by atoms with van der Waals surface area (Å²) in [4.78, 5) is 20.6. The Hall–Kier alpha value is -5.20.